The van der Waals surface area contributed by atoms with Crippen LogP contribution < -0.4 is 19.9 Å². The van der Waals surface area contributed by atoms with Gasteiger partial charge in [-0.2, -0.15) is 26.3 Å². The molecule has 2 aliphatic rings. The van der Waals surface area contributed by atoms with Crippen molar-refractivity contribution in [2.75, 3.05) is 41.3 Å². The number of piperazine rings is 1. The van der Waals surface area contributed by atoms with Crippen molar-refractivity contribution in [2.24, 2.45) is 0 Å². The fourth-order valence-corrected chi connectivity index (χ4v) is 5.93. The number of pyridine rings is 2. The minimum absolute atomic E-state index is 0.0322. The number of hydrogen-bond acceptors (Lipinski definition) is 8. The van der Waals surface area contributed by atoms with Gasteiger partial charge in [0.1, 0.15) is 17.4 Å². The standard InChI is InChI=1S/C28H29F6N5O3S/c29-27(30,31)19-1-10-25(36-18-19)38-13-15-39(16-14-38)26-17-23(11-12-35-26)42-22-6-2-20(3-7-22)37-21-4-8-24(9-5-21)43(40,41)28(32,33)34/h1,4-5,8-12,17-18,20,22,37H,2-3,6-7,13-16H2. The second-order valence-corrected chi connectivity index (χ2v) is 12.4. The van der Waals surface area contributed by atoms with E-state index in [0.29, 0.717) is 43.4 Å². The van der Waals surface area contributed by atoms with E-state index in [4.69, 9.17) is 4.74 Å². The summed E-state index contributed by atoms with van der Waals surface area (Å²) in [6.07, 6.45) is 1.06. The van der Waals surface area contributed by atoms with Gasteiger partial charge in [0.05, 0.1) is 16.6 Å². The fourth-order valence-electron chi connectivity index (χ4n) is 5.17. The van der Waals surface area contributed by atoms with Gasteiger partial charge in [0.25, 0.3) is 9.84 Å². The Kier molecular flexibility index (Phi) is 8.63. The van der Waals surface area contributed by atoms with E-state index in [2.05, 4.69) is 20.2 Å². The Balaban J connectivity index is 1.09. The second-order valence-electron chi connectivity index (χ2n) is 10.4. The Morgan fingerprint density at radius 2 is 1.42 bits per heavy atom. The van der Waals surface area contributed by atoms with E-state index in [1.807, 2.05) is 11.0 Å². The summed E-state index contributed by atoms with van der Waals surface area (Å²) in [6, 6.07) is 10.7. The molecule has 3 aromatic rings. The molecule has 0 radical (unpaired) electrons. The normalized spacial score (nSPS) is 20.1. The molecule has 0 amide bonds. The number of benzene rings is 1. The number of rotatable bonds is 7. The van der Waals surface area contributed by atoms with Crippen LogP contribution in [-0.2, 0) is 16.0 Å². The van der Waals surface area contributed by atoms with Crippen LogP contribution in [0.1, 0.15) is 31.2 Å². The van der Waals surface area contributed by atoms with E-state index in [1.165, 1.54) is 18.2 Å². The summed E-state index contributed by atoms with van der Waals surface area (Å²) in [5, 5.41) is 3.25. The van der Waals surface area contributed by atoms with Crippen LogP contribution in [0, 0.1) is 0 Å². The molecule has 15 heteroatoms. The van der Waals surface area contributed by atoms with Crippen LogP contribution in [-0.4, -0.2) is 62.2 Å². The molecule has 232 valence electrons. The molecule has 0 unspecified atom stereocenters. The maximum Gasteiger partial charge on any atom is 0.501 e. The Morgan fingerprint density at radius 3 is 1.98 bits per heavy atom. The predicted octanol–water partition coefficient (Wildman–Crippen LogP) is 5.92. The first-order valence-electron chi connectivity index (χ1n) is 13.6. The predicted molar refractivity (Wildman–Crippen MR) is 148 cm³/mol. The molecule has 2 aromatic heterocycles. The van der Waals surface area contributed by atoms with Crippen LogP contribution in [0.4, 0.5) is 43.7 Å². The van der Waals surface area contributed by atoms with Crippen molar-refractivity contribution in [1.29, 1.82) is 0 Å². The van der Waals surface area contributed by atoms with E-state index in [-0.39, 0.29) is 12.1 Å². The number of hydrogen-bond donors (Lipinski definition) is 1. The van der Waals surface area contributed by atoms with Crippen molar-refractivity contribution in [1.82, 2.24) is 9.97 Å². The summed E-state index contributed by atoms with van der Waals surface area (Å²) in [4.78, 5) is 11.7. The molecule has 1 saturated carbocycles. The molecule has 0 spiro atoms. The first kappa shape index (κ1) is 30.7. The highest BCUT2D eigenvalue weighted by atomic mass is 32.2. The number of nitrogens with zero attached hydrogens (tertiary/aromatic N) is 4. The summed E-state index contributed by atoms with van der Waals surface area (Å²) in [7, 11) is -5.38. The molecule has 43 heavy (non-hydrogen) atoms. The zero-order valence-electron chi connectivity index (χ0n) is 22.8. The molecule has 1 saturated heterocycles. The third-order valence-corrected chi connectivity index (χ3v) is 9.04. The van der Waals surface area contributed by atoms with Crippen LogP contribution in [0.2, 0.25) is 0 Å². The van der Waals surface area contributed by atoms with Crippen molar-refractivity contribution in [3.63, 3.8) is 0 Å². The third kappa shape index (κ3) is 7.25. The van der Waals surface area contributed by atoms with Gasteiger partial charge in [-0.25, -0.2) is 18.4 Å². The minimum Gasteiger partial charge on any atom is -0.490 e. The Hall–Kier alpha value is -3.75. The Bertz CT molecular complexity index is 1490. The first-order valence-corrected chi connectivity index (χ1v) is 15.1. The van der Waals surface area contributed by atoms with Crippen molar-refractivity contribution < 1.29 is 39.5 Å². The van der Waals surface area contributed by atoms with Crippen LogP contribution in [0.25, 0.3) is 0 Å². The lowest BCUT2D eigenvalue weighted by Gasteiger charge is -2.36. The van der Waals surface area contributed by atoms with Gasteiger partial charge in [0.2, 0.25) is 0 Å². The van der Waals surface area contributed by atoms with Crippen molar-refractivity contribution >= 4 is 27.2 Å². The van der Waals surface area contributed by atoms with Gasteiger partial charge in [-0.3, -0.25) is 0 Å². The van der Waals surface area contributed by atoms with E-state index >= 15 is 0 Å². The fraction of sp³-hybridized carbons (Fsp3) is 0.429. The molecule has 5 rings (SSSR count). The van der Waals surface area contributed by atoms with E-state index in [9.17, 15) is 34.8 Å². The quantitative estimate of drug-likeness (QED) is 0.323. The summed E-state index contributed by atoms with van der Waals surface area (Å²) in [5.74, 6) is 1.91. The maximum atomic E-state index is 12.8. The van der Waals surface area contributed by atoms with Crippen molar-refractivity contribution in [2.45, 2.75) is 54.4 Å². The third-order valence-electron chi connectivity index (χ3n) is 7.54. The molecule has 3 heterocycles. The molecule has 0 bridgehead atoms. The number of ether oxygens (including phenoxy) is 1. The lowest BCUT2D eigenvalue weighted by Crippen LogP contribution is -2.47. The molecule has 8 nitrogen and oxygen atoms in total. The van der Waals surface area contributed by atoms with Gasteiger partial charge in [-0.1, -0.05) is 0 Å². The monoisotopic (exact) mass is 629 g/mol. The summed E-state index contributed by atoms with van der Waals surface area (Å²) < 4.78 is 106. The number of halogens is 6. The number of alkyl halides is 6. The van der Waals surface area contributed by atoms with Crippen molar-refractivity contribution in [3.05, 3.63) is 66.5 Å². The van der Waals surface area contributed by atoms with Crippen LogP contribution in [0.3, 0.4) is 0 Å². The van der Waals surface area contributed by atoms with Crippen LogP contribution >= 0.6 is 0 Å². The van der Waals surface area contributed by atoms with Crippen LogP contribution in [0.5, 0.6) is 5.75 Å². The van der Waals surface area contributed by atoms with Gasteiger partial charge in [-0.15, -0.1) is 0 Å². The molecule has 1 aliphatic heterocycles. The zero-order valence-corrected chi connectivity index (χ0v) is 23.6. The number of nitrogens with one attached hydrogen (secondary N) is 1. The van der Waals surface area contributed by atoms with Gasteiger partial charge < -0.3 is 19.9 Å². The van der Waals surface area contributed by atoms with Crippen LogP contribution in [0.15, 0.2) is 65.8 Å². The minimum atomic E-state index is -5.38. The molecule has 1 aromatic carbocycles. The highest BCUT2D eigenvalue weighted by Crippen LogP contribution is 2.33. The lowest BCUT2D eigenvalue weighted by atomic mass is 9.92. The Labute approximate surface area is 244 Å². The molecule has 0 atom stereocenters. The summed E-state index contributed by atoms with van der Waals surface area (Å²) >= 11 is 0. The van der Waals surface area contributed by atoms with Gasteiger partial charge >= 0.3 is 11.7 Å². The van der Waals surface area contributed by atoms with E-state index in [1.54, 1.807) is 12.3 Å². The lowest BCUT2D eigenvalue weighted by molar-refractivity contribution is -0.137. The molecule has 2 fully saturated rings. The largest absolute Gasteiger partial charge is 0.501 e. The van der Waals surface area contributed by atoms with Gasteiger partial charge in [0.15, 0.2) is 0 Å². The van der Waals surface area contributed by atoms with E-state index < -0.39 is 32.0 Å². The molecular formula is C28H29F6N5O3S. The highest BCUT2D eigenvalue weighted by molar-refractivity contribution is 7.92. The summed E-state index contributed by atoms with van der Waals surface area (Å²) in [5.41, 5.74) is -5.59. The summed E-state index contributed by atoms with van der Waals surface area (Å²) in [6.45, 7) is 2.37. The highest BCUT2D eigenvalue weighted by Gasteiger charge is 2.46. The molecule has 1 N–H and O–H groups in total. The average Bonchev–Trinajstić information content (AvgIpc) is 2.98. The van der Waals surface area contributed by atoms with Gasteiger partial charge in [0, 0.05) is 56.4 Å². The molecular weight excluding hydrogens is 600 g/mol. The number of anilines is 3. The SMILES string of the molecule is O=S(=O)(c1ccc(NC2CCC(Oc3ccnc(N4CCN(c5ccc(C(F)(F)F)cn5)CC4)c3)CC2)cc1)C(F)(F)F. The molecule has 1 aliphatic carbocycles. The smallest absolute Gasteiger partial charge is 0.490 e. The number of aromatic nitrogens is 2. The maximum absolute atomic E-state index is 12.8. The second kappa shape index (κ2) is 12.1. The first-order chi connectivity index (χ1) is 20.3. The Morgan fingerprint density at radius 1 is 0.791 bits per heavy atom. The van der Waals surface area contributed by atoms with E-state index in [0.717, 1.165) is 55.9 Å². The van der Waals surface area contributed by atoms with Gasteiger partial charge in [-0.05, 0) is 68.1 Å². The number of sulfone groups is 1. The topological polar surface area (TPSA) is 87.7 Å². The zero-order chi connectivity index (χ0) is 30.8. The average molecular weight is 630 g/mol. The van der Waals surface area contributed by atoms with Crippen molar-refractivity contribution in [3.8, 4) is 5.75 Å².